The molecule has 1 heterocycles. The summed E-state index contributed by atoms with van der Waals surface area (Å²) in [5.41, 5.74) is 8.04. The van der Waals surface area contributed by atoms with Gasteiger partial charge in [0.15, 0.2) is 0 Å². The number of benzene rings is 2. The molecule has 0 unspecified atom stereocenters. The number of urea groups is 1. The average molecular weight is 378 g/mol. The van der Waals surface area contributed by atoms with Crippen molar-refractivity contribution < 1.29 is 14.3 Å². The molecule has 0 spiro atoms. The van der Waals surface area contributed by atoms with Crippen LogP contribution in [-0.2, 0) is 11.4 Å². The summed E-state index contributed by atoms with van der Waals surface area (Å²) in [6.45, 7) is 5.91. The largest absolute Gasteiger partial charge is 0.489 e. The normalized spacial score (nSPS) is 14.8. The lowest BCUT2D eigenvalue weighted by Gasteiger charge is -2.22. The number of amides is 3. The van der Waals surface area contributed by atoms with Crippen LogP contribution in [0, 0.1) is 0 Å². The van der Waals surface area contributed by atoms with Crippen molar-refractivity contribution in [3.8, 4) is 5.75 Å². The van der Waals surface area contributed by atoms with E-state index in [4.69, 9.17) is 10.5 Å². The minimum Gasteiger partial charge on any atom is -0.489 e. The molecule has 2 aromatic rings. The van der Waals surface area contributed by atoms with E-state index in [1.807, 2.05) is 61.5 Å². The maximum atomic E-state index is 12.5. The smallest absolute Gasteiger partial charge is 0.323 e. The highest BCUT2D eigenvalue weighted by Gasteiger charge is 2.25. The highest BCUT2D eigenvalue weighted by molar-refractivity contribution is 6.00. The monoisotopic (exact) mass is 378 g/mol. The summed E-state index contributed by atoms with van der Waals surface area (Å²) in [7, 11) is 0. The number of rotatable bonds is 6. The lowest BCUT2D eigenvalue weighted by Crippen LogP contribution is -2.47. The molecule has 0 fully saturated rings. The van der Waals surface area contributed by atoms with Crippen LogP contribution in [0.15, 0.2) is 78.3 Å². The van der Waals surface area contributed by atoms with Crippen LogP contribution in [0.2, 0.25) is 0 Å². The maximum Gasteiger partial charge on any atom is 0.323 e. The number of ether oxygens (including phenoxy) is 1. The quantitative estimate of drug-likeness (QED) is 0.619. The van der Waals surface area contributed by atoms with Gasteiger partial charge >= 0.3 is 6.03 Å². The molecule has 0 aromatic heterocycles. The fourth-order valence-electron chi connectivity index (χ4n) is 2.71. The Balaban J connectivity index is 1.66. The van der Waals surface area contributed by atoms with Gasteiger partial charge in [0.1, 0.15) is 18.1 Å². The Morgan fingerprint density at radius 1 is 1.18 bits per heavy atom. The van der Waals surface area contributed by atoms with Gasteiger partial charge in [0.05, 0.1) is 17.4 Å². The van der Waals surface area contributed by atoms with E-state index < -0.39 is 11.9 Å². The minimum absolute atomic E-state index is 0.0166. The highest BCUT2D eigenvalue weighted by Crippen LogP contribution is 2.21. The topological polar surface area (TPSA) is 105 Å². The van der Waals surface area contributed by atoms with Gasteiger partial charge in [-0.15, -0.1) is 0 Å². The molecule has 7 heteroatoms. The predicted molar refractivity (Wildman–Crippen MR) is 106 cm³/mol. The Kier molecular flexibility index (Phi) is 5.64. The summed E-state index contributed by atoms with van der Waals surface area (Å²) in [5.74, 6) is 0.210. The Morgan fingerprint density at radius 2 is 1.93 bits per heavy atom. The molecule has 2 aromatic carbocycles. The first kappa shape index (κ1) is 19.0. The van der Waals surface area contributed by atoms with E-state index >= 15 is 0 Å². The van der Waals surface area contributed by atoms with E-state index in [0.717, 1.165) is 11.1 Å². The van der Waals surface area contributed by atoms with Crippen molar-refractivity contribution in [3.63, 3.8) is 0 Å². The van der Waals surface area contributed by atoms with Crippen molar-refractivity contribution in [1.29, 1.82) is 0 Å². The van der Waals surface area contributed by atoms with Gasteiger partial charge in [0, 0.05) is 0 Å². The van der Waals surface area contributed by atoms with E-state index in [2.05, 4.69) is 22.5 Å². The molecule has 0 saturated heterocycles. The average Bonchev–Trinajstić information content (AvgIpc) is 2.70. The number of nitrogens with two attached hydrogens (primary N) is 1. The standard InChI is InChI=1S/C21H22N4O3/c1-13(23-20(26)19-18(22)14(2)24-21(27)25-19)16-9-6-10-17(11-16)28-12-15-7-4-3-5-8-15/h3-11,13H,2,12,22H2,1H3,(H,23,26)(H2,24,25,27)/t13-/m1/s1. The zero-order valence-electron chi connectivity index (χ0n) is 15.5. The molecule has 0 saturated carbocycles. The second kappa shape index (κ2) is 8.30. The predicted octanol–water partition coefficient (Wildman–Crippen LogP) is 2.44. The van der Waals surface area contributed by atoms with Gasteiger partial charge in [-0.05, 0) is 30.2 Å². The molecule has 28 heavy (non-hydrogen) atoms. The van der Waals surface area contributed by atoms with E-state index in [1.54, 1.807) is 0 Å². The molecule has 1 atom stereocenters. The summed E-state index contributed by atoms with van der Waals surface area (Å²) in [4.78, 5) is 24.1. The van der Waals surface area contributed by atoms with Crippen molar-refractivity contribution in [2.24, 2.45) is 5.73 Å². The van der Waals surface area contributed by atoms with Crippen LogP contribution in [-0.4, -0.2) is 11.9 Å². The number of hydrogen-bond donors (Lipinski definition) is 4. The second-order valence-electron chi connectivity index (χ2n) is 6.39. The molecule has 1 aliphatic heterocycles. The summed E-state index contributed by atoms with van der Waals surface area (Å²) in [5, 5.41) is 7.64. The molecule has 3 rings (SSSR count). The van der Waals surface area contributed by atoms with E-state index in [-0.39, 0.29) is 23.1 Å². The third kappa shape index (κ3) is 4.50. The van der Waals surface area contributed by atoms with Crippen molar-refractivity contribution in [2.75, 3.05) is 0 Å². The molecule has 5 N–H and O–H groups in total. The molecule has 0 aliphatic carbocycles. The van der Waals surface area contributed by atoms with Crippen LogP contribution in [0.5, 0.6) is 5.75 Å². The lowest BCUT2D eigenvalue weighted by molar-refractivity contribution is -0.118. The molecule has 7 nitrogen and oxygen atoms in total. The SMILES string of the molecule is C=C1NC(=O)NC(C(=O)N[C@H](C)c2cccc(OCc3ccccc3)c2)=C1N. The van der Waals surface area contributed by atoms with Crippen molar-refractivity contribution in [3.05, 3.63) is 89.4 Å². The summed E-state index contributed by atoms with van der Waals surface area (Å²) < 4.78 is 5.83. The van der Waals surface area contributed by atoms with Crippen LogP contribution >= 0.6 is 0 Å². The summed E-state index contributed by atoms with van der Waals surface area (Å²) in [6.07, 6.45) is 0. The Hall–Kier alpha value is -3.74. The van der Waals surface area contributed by atoms with Crippen LogP contribution < -0.4 is 26.4 Å². The lowest BCUT2D eigenvalue weighted by atomic mass is 10.1. The molecule has 0 radical (unpaired) electrons. The van der Waals surface area contributed by atoms with Gasteiger partial charge in [0.2, 0.25) is 0 Å². The van der Waals surface area contributed by atoms with Crippen LogP contribution in [0.3, 0.4) is 0 Å². The fourth-order valence-corrected chi connectivity index (χ4v) is 2.71. The van der Waals surface area contributed by atoms with Gasteiger partial charge in [0.25, 0.3) is 5.91 Å². The Labute approximate surface area is 163 Å². The zero-order chi connectivity index (χ0) is 20.1. The van der Waals surface area contributed by atoms with E-state index in [1.165, 1.54) is 0 Å². The summed E-state index contributed by atoms with van der Waals surface area (Å²) >= 11 is 0. The number of hydrogen-bond acceptors (Lipinski definition) is 4. The Bertz CT molecular complexity index is 938. The van der Waals surface area contributed by atoms with E-state index in [9.17, 15) is 9.59 Å². The maximum absolute atomic E-state index is 12.5. The van der Waals surface area contributed by atoms with Gasteiger partial charge in [-0.25, -0.2) is 4.79 Å². The zero-order valence-corrected chi connectivity index (χ0v) is 15.5. The fraction of sp³-hybridized carbons (Fsp3) is 0.143. The number of carbonyl (C=O) groups excluding carboxylic acids is 2. The third-order valence-corrected chi connectivity index (χ3v) is 4.28. The van der Waals surface area contributed by atoms with Crippen molar-refractivity contribution >= 4 is 11.9 Å². The molecule has 1 aliphatic rings. The molecule has 0 bridgehead atoms. The van der Waals surface area contributed by atoms with Gasteiger partial charge in [-0.2, -0.15) is 0 Å². The minimum atomic E-state index is -0.548. The molecular formula is C21H22N4O3. The van der Waals surface area contributed by atoms with Gasteiger partial charge in [-0.1, -0.05) is 49.0 Å². The second-order valence-corrected chi connectivity index (χ2v) is 6.39. The van der Waals surface area contributed by atoms with Crippen molar-refractivity contribution in [1.82, 2.24) is 16.0 Å². The molecular weight excluding hydrogens is 356 g/mol. The van der Waals surface area contributed by atoms with E-state index in [0.29, 0.717) is 12.4 Å². The van der Waals surface area contributed by atoms with Crippen LogP contribution in [0.4, 0.5) is 4.79 Å². The van der Waals surface area contributed by atoms with Gasteiger partial charge < -0.3 is 26.4 Å². The first-order chi connectivity index (χ1) is 13.4. The first-order valence-electron chi connectivity index (χ1n) is 8.78. The van der Waals surface area contributed by atoms with Crippen LogP contribution in [0.1, 0.15) is 24.1 Å². The first-order valence-corrected chi connectivity index (χ1v) is 8.78. The van der Waals surface area contributed by atoms with Crippen LogP contribution in [0.25, 0.3) is 0 Å². The molecule has 3 amide bonds. The number of carbonyl (C=O) groups is 2. The van der Waals surface area contributed by atoms with Crippen molar-refractivity contribution in [2.45, 2.75) is 19.6 Å². The number of nitrogens with one attached hydrogen (secondary N) is 3. The molecule has 144 valence electrons. The summed E-state index contributed by atoms with van der Waals surface area (Å²) in [6, 6.07) is 16.5. The highest BCUT2D eigenvalue weighted by atomic mass is 16.5. The third-order valence-electron chi connectivity index (χ3n) is 4.28. The van der Waals surface area contributed by atoms with Gasteiger partial charge in [-0.3, -0.25) is 4.79 Å². The Morgan fingerprint density at radius 3 is 2.68 bits per heavy atom.